The van der Waals surface area contributed by atoms with Crippen molar-refractivity contribution in [2.75, 3.05) is 32.1 Å². The number of nitrogens with zero attached hydrogens (tertiary/aromatic N) is 7. The first kappa shape index (κ1) is 23.2. The number of rotatable bonds is 6. The fourth-order valence-electron chi connectivity index (χ4n) is 5.65. The number of likely N-dealkylation sites (N-methyl/N-ethyl adjacent to an activating group) is 1. The molecule has 4 aromatic rings. The average molecular weight is 517 g/mol. The summed E-state index contributed by atoms with van der Waals surface area (Å²) in [4.78, 5) is 22.0. The Morgan fingerprint density at radius 2 is 1.92 bits per heavy atom. The molecule has 2 unspecified atom stereocenters. The van der Waals surface area contributed by atoms with E-state index in [2.05, 4.69) is 43.7 Å². The second kappa shape index (κ2) is 8.52. The molecule has 38 heavy (non-hydrogen) atoms. The highest BCUT2D eigenvalue weighted by Crippen LogP contribution is 2.38. The summed E-state index contributed by atoms with van der Waals surface area (Å²) in [6, 6.07) is 6.11. The quantitative estimate of drug-likeness (QED) is 0.421. The Morgan fingerprint density at radius 3 is 2.63 bits per heavy atom. The van der Waals surface area contributed by atoms with Crippen LogP contribution in [0.15, 0.2) is 36.8 Å². The fourth-order valence-corrected chi connectivity index (χ4v) is 5.65. The molecule has 11 heteroatoms. The van der Waals surface area contributed by atoms with Crippen molar-refractivity contribution in [3.8, 4) is 22.8 Å². The first-order valence-electron chi connectivity index (χ1n) is 13.0. The number of fused-ring (bicyclic) bond motifs is 3. The largest absolute Gasteiger partial charge is 0.494 e. The number of hydrogen-bond acceptors (Lipinski definition) is 7. The lowest BCUT2D eigenvalue weighted by Gasteiger charge is -2.55. The number of ether oxygens (including phenoxy) is 1. The maximum atomic E-state index is 14.6. The minimum Gasteiger partial charge on any atom is -0.494 e. The zero-order chi connectivity index (χ0) is 26.1. The zero-order valence-electron chi connectivity index (χ0n) is 21.6. The molecule has 4 fully saturated rings. The third-order valence-corrected chi connectivity index (χ3v) is 8.15. The summed E-state index contributed by atoms with van der Waals surface area (Å²) < 4.78 is 24.0. The van der Waals surface area contributed by atoms with Gasteiger partial charge in [-0.3, -0.25) is 14.1 Å². The number of aromatic nitrogens is 5. The first-order valence-corrected chi connectivity index (χ1v) is 13.0. The summed E-state index contributed by atoms with van der Waals surface area (Å²) in [6.45, 7) is 3.70. The van der Waals surface area contributed by atoms with Crippen LogP contribution in [0.5, 0.6) is 5.75 Å². The Labute approximate surface area is 219 Å². The van der Waals surface area contributed by atoms with Gasteiger partial charge in [-0.2, -0.15) is 0 Å². The molecule has 6 heterocycles. The zero-order valence-corrected chi connectivity index (χ0v) is 21.6. The highest BCUT2D eigenvalue weighted by molar-refractivity contribution is 5.95. The number of piperazine rings is 1. The highest BCUT2D eigenvalue weighted by atomic mass is 19.1. The Balaban J connectivity index is 1.24. The number of benzene rings is 1. The van der Waals surface area contributed by atoms with Gasteiger partial charge in [0, 0.05) is 43.5 Å². The minimum atomic E-state index is -0.547. The van der Waals surface area contributed by atoms with Gasteiger partial charge in [0.1, 0.15) is 22.9 Å². The smallest absolute Gasteiger partial charge is 0.254 e. The Morgan fingerprint density at radius 1 is 1.13 bits per heavy atom. The molecular formula is C27H29FN8O2. The van der Waals surface area contributed by atoms with Crippen LogP contribution in [0.4, 0.5) is 10.1 Å². The predicted molar refractivity (Wildman–Crippen MR) is 139 cm³/mol. The maximum Gasteiger partial charge on any atom is 0.254 e. The normalized spacial score (nSPS) is 21.0. The van der Waals surface area contributed by atoms with Crippen LogP contribution in [0.1, 0.15) is 35.2 Å². The summed E-state index contributed by atoms with van der Waals surface area (Å²) in [5, 5.41) is 11.6. The molecular weight excluding hydrogens is 487 g/mol. The number of piperidine rings is 1. The van der Waals surface area contributed by atoms with E-state index in [1.54, 1.807) is 31.1 Å². The number of imidazole rings is 1. The fraction of sp³-hybridized carbons (Fsp3) is 0.407. The van der Waals surface area contributed by atoms with Crippen molar-refractivity contribution in [3.05, 3.63) is 53.7 Å². The van der Waals surface area contributed by atoms with Gasteiger partial charge in [0.2, 0.25) is 0 Å². The van der Waals surface area contributed by atoms with Crippen molar-refractivity contribution < 1.29 is 13.9 Å². The van der Waals surface area contributed by atoms with E-state index in [0.717, 1.165) is 48.7 Å². The van der Waals surface area contributed by atoms with Crippen molar-refractivity contribution in [1.29, 1.82) is 0 Å². The van der Waals surface area contributed by atoms with Gasteiger partial charge in [-0.1, -0.05) is 5.21 Å². The monoisotopic (exact) mass is 516 g/mol. The summed E-state index contributed by atoms with van der Waals surface area (Å²) in [5.74, 6) is -0.160. The molecule has 3 saturated heterocycles. The van der Waals surface area contributed by atoms with Gasteiger partial charge >= 0.3 is 0 Å². The van der Waals surface area contributed by atoms with Crippen LogP contribution < -0.4 is 15.0 Å². The average Bonchev–Trinajstić information content (AvgIpc) is 3.43. The van der Waals surface area contributed by atoms with E-state index < -0.39 is 11.7 Å². The molecule has 3 aromatic heterocycles. The molecule has 1 N–H and O–H groups in total. The van der Waals surface area contributed by atoms with Crippen molar-refractivity contribution in [3.63, 3.8) is 0 Å². The lowest BCUT2D eigenvalue weighted by molar-refractivity contribution is 0.0262. The molecule has 1 amide bonds. The van der Waals surface area contributed by atoms with Gasteiger partial charge in [-0.05, 0) is 50.9 Å². The molecule has 0 spiro atoms. The number of carbonyl (C=O) groups is 1. The number of carbonyl (C=O) groups excluding carboxylic acids is 1. The number of methoxy groups -OCH3 is 1. The van der Waals surface area contributed by atoms with Gasteiger partial charge in [-0.15, -0.1) is 5.10 Å². The van der Waals surface area contributed by atoms with E-state index >= 15 is 0 Å². The van der Waals surface area contributed by atoms with Crippen LogP contribution >= 0.6 is 0 Å². The van der Waals surface area contributed by atoms with Crippen LogP contribution in [0.3, 0.4) is 0 Å². The maximum absolute atomic E-state index is 14.6. The number of hydrogen-bond donors (Lipinski definition) is 1. The summed E-state index contributed by atoms with van der Waals surface area (Å²) in [5.41, 5.74) is 4.41. The second-order valence-corrected chi connectivity index (χ2v) is 10.6. The molecule has 2 atom stereocenters. The van der Waals surface area contributed by atoms with E-state index in [9.17, 15) is 9.18 Å². The topological polar surface area (TPSA) is 92.8 Å². The molecule has 0 radical (unpaired) electrons. The molecule has 4 aliphatic rings. The van der Waals surface area contributed by atoms with Gasteiger partial charge < -0.3 is 15.0 Å². The van der Waals surface area contributed by atoms with Crippen molar-refractivity contribution in [2.45, 2.75) is 44.3 Å². The minimum absolute atomic E-state index is 0.00585. The molecule has 8 rings (SSSR count). The number of pyridine rings is 1. The van der Waals surface area contributed by atoms with E-state index in [-0.39, 0.29) is 11.6 Å². The number of aryl methyl sites for hydroxylation is 1. The summed E-state index contributed by atoms with van der Waals surface area (Å²) in [7, 11) is 3.88. The Hall–Kier alpha value is -3.99. The molecule has 2 bridgehead atoms. The SMILES string of the molecule is COc1cc2ncc(-c3cn(-c4cc(C(=O)NC5CC5)c(F)cc4C)nn3)n2cc1N1CC2CC(C1)N2C. The number of amides is 1. The Bertz CT molecular complexity index is 1560. The molecule has 1 saturated carbocycles. The lowest BCUT2D eigenvalue weighted by atomic mass is 9.88. The number of nitrogens with one attached hydrogen (secondary N) is 1. The van der Waals surface area contributed by atoms with Gasteiger partial charge in [0.05, 0.1) is 42.1 Å². The van der Waals surface area contributed by atoms with Gasteiger partial charge in [-0.25, -0.2) is 14.1 Å². The molecule has 1 aliphatic carbocycles. The molecule has 1 aromatic carbocycles. The third kappa shape index (κ3) is 3.72. The van der Waals surface area contributed by atoms with Crippen molar-refractivity contribution in [2.24, 2.45) is 0 Å². The van der Waals surface area contributed by atoms with Crippen LogP contribution in [-0.2, 0) is 0 Å². The first-order chi connectivity index (χ1) is 18.4. The van der Waals surface area contributed by atoms with Crippen LogP contribution in [0, 0.1) is 12.7 Å². The van der Waals surface area contributed by atoms with Gasteiger partial charge in [0.25, 0.3) is 5.91 Å². The third-order valence-electron chi connectivity index (χ3n) is 8.15. The van der Waals surface area contributed by atoms with Crippen LogP contribution in [0.25, 0.3) is 22.7 Å². The predicted octanol–water partition coefficient (Wildman–Crippen LogP) is 2.82. The Kier molecular flexibility index (Phi) is 5.19. The van der Waals surface area contributed by atoms with E-state index in [4.69, 9.17) is 4.74 Å². The molecule has 10 nitrogen and oxygen atoms in total. The van der Waals surface area contributed by atoms with Gasteiger partial charge in [0.15, 0.2) is 0 Å². The highest BCUT2D eigenvalue weighted by Gasteiger charge is 2.42. The summed E-state index contributed by atoms with van der Waals surface area (Å²) in [6.07, 6.45) is 8.71. The van der Waals surface area contributed by atoms with E-state index in [0.29, 0.717) is 29.0 Å². The van der Waals surface area contributed by atoms with Crippen molar-refractivity contribution >= 4 is 17.2 Å². The van der Waals surface area contributed by atoms with E-state index in [1.165, 1.54) is 18.6 Å². The summed E-state index contributed by atoms with van der Waals surface area (Å²) >= 11 is 0. The van der Waals surface area contributed by atoms with Crippen molar-refractivity contribution in [1.82, 2.24) is 34.6 Å². The second-order valence-electron chi connectivity index (χ2n) is 10.6. The molecule has 196 valence electrons. The van der Waals surface area contributed by atoms with Crippen LogP contribution in [0.2, 0.25) is 0 Å². The van der Waals surface area contributed by atoms with E-state index in [1.807, 2.05) is 10.5 Å². The number of anilines is 1. The molecule has 3 aliphatic heterocycles. The van der Waals surface area contributed by atoms with Crippen LogP contribution in [-0.4, -0.2) is 80.6 Å². The standard InChI is InChI=1S/C27H29FN8O2/c1-15-6-20(28)19(27(37)30-16-4-5-16)8-22(15)36-13-21(31-32-36)23-10-29-26-9-25(38-3)24(14-35(23)26)34-11-17-7-18(12-34)33(17)2/h6,8-10,13-14,16-18H,4-5,7,11-12H2,1-3H3,(H,30,37). The lowest BCUT2D eigenvalue weighted by Crippen LogP contribution is -2.67. The number of halogens is 1.